The third-order valence-electron chi connectivity index (χ3n) is 5.59. The van der Waals surface area contributed by atoms with E-state index in [1.165, 1.54) is 0 Å². The number of carbonyl (C=O) groups is 1. The van der Waals surface area contributed by atoms with Gasteiger partial charge < -0.3 is 19.3 Å². The highest BCUT2D eigenvalue weighted by Gasteiger charge is 2.21. The molecule has 1 aliphatic heterocycles. The molecule has 0 aliphatic carbocycles. The van der Waals surface area contributed by atoms with Crippen molar-refractivity contribution in [3.05, 3.63) is 72.3 Å². The van der Waals surface area contributed by atoms with Crippen LogP contribution >= 0.6 is 0 Å². The van der Waals surface area contributed by atoms with Crippen molar-refractivity contribution in [2.24, 2.45) is 0 Å². The first kappa shape index (κ1) is 20.8. The Kier molecular flexibility index (Phi) is 6.41. The quantitative estimate of drug-likeness (QED) is 0.551. The fourth-order valence-corrected chi connectivity index (χ4v) is 3.91. The van der Waals surface area contributed by atoms with Crippen LogP contribution in [0, 0.1) is 0 Å². The zero-order valence-electron chi connectivity index (χ0n) is 18.1. The SMILES string of the molecule is CCOc1ccccc1N1CCN(C(=O)/C=C/c2ccc3cc(OC)ccc3c2)CC1. The summed E-state index contributed by atoms with van der Waals surface area (Å²) in [6.45, 7) is 5.61. The van der Waals surface area contributed by atoms with Crippen LogP contribution in [0.2, 0.25) is 0 Å². The van der Waals surface area contributed by atoms with Crippen LogP contribution in [-0.2, 0) is 4.79 Å². The number of nitrogens with zero attached hydrogens (tertiary/aromatic N) is 2. The summed E-state index contributed by atoms with van der Waals surface area (Å²) in [5.41, 5.74) is 2.11. The second-order valence-corrected chi connectivity index (χ2v) is 7.52. The van der Waals surface area contributed by atoms with E-state index in [2.05, 4.69) is 23.1 Å². The molecule has 1 amide bonds. The van der Waals surface area contributed by atoms with Gasteiger partial charge in [0.1, 0.15) is 11.5 Å². The summed E-state index contributed by atoms with van der Waals surface area (Å²) in [5, 5.41) is 2.24. The van der Waals surface area contributed by atoms with Crippen molar-refractivity contribution in [3.63, 3.8) is 0 Å². The molecule has 31 heavy (non-hydrogen) atoms. The molecule has 0 atom stereocenters. The zero-order valence-corrected chi connectivity index (χ0v) is 18.1. The first-order valence-electron chi connectivity index (χ1n) is 10.7. The number of para-hydroxylation sites is 2. The molecule has 1 aliphatic rings. The van der Waals surface area contributed by atoms with E-state index in [0.29, 0.717) is 19.7 Å². The maximum Gasteiger partial charge on any atom is 0.246 e. The molecule has 0 N–H and O–H groups in total. The highest BCUT2D eigenvalue weighted by atomic mass is 16.5. The van der Waals surface area contributed by atoms with E-state index in [1.807, 2.05) is 60.4 Å². The minimum Gasteiger partial charge on any atom is -0.497 e. The van der Waals surface area contributed by atoms with E-state index in [9.17, 15) is 4.79 Å². The van der Waals surface area contributed by atoms with Crippen LogP contribution in [0.3, 0.4) is 0 Å². The van der Waals surface area contributed by atoms with Crippen molar-refractivity contribution in [2.45, 2.75) is 6.92 Å². The van der Waals surface area contributed by atoms with Crippen LogP contribution < -0.4 is 14.4 Å². The highest BCUT2D eigenvalue weighted by Crippen LogP contribution is 2.29. The van der Waals surface area contributed by atoms with Gasteiger partial charge in [-0.1, -0.05) is 30.3 Å². The Hall–Kier alpha value is -3.47. The maximum absolute atomic E-state index is 12.7. The number of methoxy groups -OCH3 is 1. The first-order valence-corrected chi connectivity index (χ1v) is 10.7. The van der Waals surface area contributed by atoms with Crippen molar-refractivity contribution in [1.29, 1.82) is 0 Å². The molecular formula is C26H28N2O3. The summed E-state index contributed by atoms with van der Waals surface area (Å²) >= 11 is 0. The molecule has 0 aromatic heterocycles. The van der Waals surface area contributed by atoms with Gasteiger partial charge in [0.05, 0.1) is 19.4 Å². The largest absolute Gasteiger partial charge is 0.497 e. The predicted molar refractivity (Wildman–Crippen MR) is 126 cm³/mol. The molecule has 3 aromatic carbocycles. The molecule has 5 nitrogen and oxygen atoms in total. The van der Waals surface area contributed by atoms with Crippen LogP contribution in [0.5, 0.6) is 11.5 Å². The molecule has 0 radical (unpaired) electrons. The third-order valence-corrected chi connectivity index (χ3v) is 5.59. The summed E-state index contributed by atoms with van der Waals surface area (Å²) in [6, 6.07) is 20.2. The van der Waals surface area contributed by atoms with E-state index in [0.717, 1.165) is 46.6 Å². The van der Waals surface area contributed by atoms with Gasteiger partial charge in [-0.2, -0.15) is 0 Å². The minimum absolute atomic E-state index is 0.0487. The lowest BCUT2D eigenvalue weighted by Gasteiger charge is -2.36. The molecule has 5 heteroatoms. The van der Waals surface area contributed by atoms with Gasteiger partial charge in [0.2, 0.25) is 5.91 Å². The van der Waals surface area contributed by atoms with Crippen LogP contribution in [0.15, 0.2) is 66.7 Å². The highest BCUT2D eigenvalue weighted by molar-refractivity contribution is 5.93. The van der Waals surface area contributed by atoms with E-state index in [1.54, 1.807) is 13.2 Å². The van der Waals surface area contributed by atoms with Gasteiger partial charge in [-0.25, -0.2) is 0 Å². The normalized spacial score (nSPS) is 14.3. The van der Waals surface area contributed by atoms with Crippen LogP contribution in [-0.4, -0.2) is 50.7 Å². The van der Waals surface area contributed by atoms with Crippen LogP contribution in [0.4, 0.5) is 5.69 Å². The summed E-state index contributed by atoms with van der Waals surface area (Å²) in [7, 11) is 1.67. The van der Waals surface area contributed by atoms with E-state index >= 15 is 0 Å². The van der Waals surface area contributed by atoms with Gasteiger partial charge in [0.15, 0.2) is 0 Å². The van der Waals surface area contributed by atoms with Gasteiger partial charge in [-0.05, 0) is 59.7 Å². The van der Waals surface area contributed by atoms with Crippen molar-refractivity contribution >= 4 is 28.4 Å². The summed E-state index contributed by atoms with van der Waals surface area (Å²) in [5.74, 6) is 1.79. The number of amides is 1. The molecule has 4 rings (SSSR count). The number of fused-ring (bicyclic) bond motifs is 1. The number of rotatable bonds is 6. The first-order chi connectivity index (χ1) is 15.2. The average molecular weight is 417 g/mol. The second kappa shape index (κ2) is 9.56. The summed E-state index contributed by atoms with van der Waals surface area (Å²) in [4.78, 5) is 16.9. The van der Waals surface area contributed by atoms with Gasteiger partial charge in [-0.15, -0.1) is 0 Å². The smallest absolute Gasteiger partial charge is 0.246 e. The number of hydrogen-bond donors (Lipinski definition) is 0. The molecular weight excluding hydrogens is 388 g/mol. The average Bonchev–Trinajstić information content (AvgIpc) is 2.82. The molecule has 1 heterocycles. The number of carbonyl (C=O) groups excluding carboxylic acids is 1. The molecule has 0 spiro atoms. The van der Waals surface area contributed by atoms with Crippen molar-refractivity contribution < 1.29 is 14.3 Å². The molecule has 1 fully saturated rings. The third kappa shape index (κ3) is 4.82. The van der Waals surface area contributed by atoms with Gasteiger partial charge in [-0.3, -0.25) is 4.79 Å². The fourth-order valence-electron chi connectivity index (χ4n) is 3.91. The Morgan fingerprint density at radius 3 is 2.48 bits per heavy atom. The minimum atomic E-state index is 0.0487. The Bertz CT molecular complexity index is 1080. The van der Waals surface area contributed by atoms with Crippen LogP contribution in [0.1, 0.15) is 12.5 Å². The number of hydrogen-bond acceptors (Lipinski definition) is 4. The van der Waals surface area contributed by atoms with Crippen molar-refractivity contribution in [3.8, 4) is 11.5 Å². The van der Waals surface area contributed by atoms with E-state index in [-0.39, 0.29) is 5.91 Å². The lowest BCUT2D eigenvalue weighted by Crippen LogP contribution is -2.48. The monoisotopic (exact) mass is 416 g/mol. The van der Waals surface area contributed by atoms with Crippen molar-refractivity contribution in [1.82, 2.24) is 4.90 Å². The van der Waals surface area contributed by atoms with Crippen molar-refractivity contribution in [2.75, 3.05) is 44.8 Å². The number of piperazine rings is 1. The zero-order chi connectivity index (χ0) is 21.6. The summed E-state index contributed by atoms with van der Waals surface area (Å²) in [6.07, 6.45) is 3.57. The van der Waals surface area contributed by atoms with E-state index < -0.39 is 0 Å². The molecule has 160 valence electrons. The number of ether oxygens (including phenoxy) is 2. The Balaban J connectivity index is 1.38. The Labute approximate surface area is 183 Å². The van der Waals surface area contributed by atoms with Gasteiger partial charge in [0, 0.05) is 32.3 Å². The maximum atomic E-state index is 12.7. The predicted octanol–water partition coefficient (Wildman–Crippen LogP) is 4.61. The lowest BCUT2D eigenvalue weighted by atomic mass is 10.1. The molecule has 0 unspecified atom stereocenters. The molecule has 0 saturated carbocycles. The van der Waals surface area contributed by atoms with Gasteiger partial charge in [0.25, 0.3) is 0 Å². The van der Waals surface area contributed by atoms with Gasteiger partial charge >= 0.3 is 0 Å². The topological polar surface area (TPSA) is 42.0 Å². The Morgan fingerprint density at radius 1 is 0.968 bits per heavy atom. The number of benzene rings is 3. The Morgan fingerprint density at radius 2 is 1.71 bits per heavy atom. The summed E-state index contributed by atoms with van der Waals surface area (Å²) < 4.78 is 11.0. The van der Waals surface area contributed by atoms with E-state index in [4.69, 9.17) is 9.47 Å². The molecule has 1 saturated heterocycles. The lowest BCUT2D eigenvalue weighted by molar-refractivity contribution is -0.126. The molecule has 3 aromatic rings. The second-order valence-electron chi connectivity index (χ2n) is 7.52. The number of anilines is 1. The standard InChI is InChI=1S/C26H28N2O3/c1-3-31-25-7-5-4-6-24(25)27-14-16-28(17-15-27)26(29)13-9-20-8-10-22-19-23(30-2)12-11-21(22)18-20/h4-13,18-19H,3,14-17H2,1-2H3/b13-9+. The molecule has 0 bridgehead atoms. The van der Waals surface area contributed by atoms with Crippen LogP contribution in [0.25, 0.3) is 16.8 Å². The fraction of sp³-hybridized carbons (Fsp3) is 0.269.